The molecule has 0 radical (unpaired) electrons. The maximum absolute atomic E-state index is 12.7. The highest BCUT2D eigenvalue weighted by Crippen LogP contribution is 2.33. The van der Waals surface area contributed by atoms with Crippen LogP contribution in [0.1, 0.15) is 25.0 Å². The minimum atomic E-state index is -3.79. The van der Waals surface area contributed by atoms with Crippen molar-refractivity contribution in [1.82, 2.24) is 19.9 Å². The molecule has 1 aromatic carbocycles. The summed E-state index contributed by atoms with van der Waals surface area (Å²) in [6, 6.07) is 5.53. The zero-order valence-electron chi connectivity index (χ0n) is 20.5. The fourth-order valence-corrected chi connectivity index (χ4v) is 4.18. The van der Waals surface area contributed by atoms with Crippen LogP contribution in [0.4, 0.5) is 11.4 Å². The number of carbonyl (C=O) groups excluding carboxylic acids is 2. The Kier molecular flexibility index (Phi) is 10.3. The monoisotopic (exact) mass is 522 g/mol. The first-order valence-electron chi connectivity index (χ1n) is 10.9. The molecule has 1 heterocycles. The summed E-state index contributed by atoms with van der Waals surface area (Å²) < 4.78 is 33.4. The molecule has 196 valence electrons. The molecule has 36 heavy (non-hydrogen) atoms. The summed E-state index contributed by atoms with van der Waals surface area (Å²) >= 11 is 0. The molecule has 0 fully saturated rings. The van der Waals surface area contributed by atoms with Crippen molar-refractivity contribution in [2.75, 3.05) is 26.7 Å². The van der Waals surface area contributed by atoms with Crippen molar-refractivity contribution in [2.45, 2.75) is 38.8 Å². The second-order valence-corrected chi connectivity index (χ2v) is 9.49. The summed E-state index contributed by atoms with van der Waals surface area (Å²) in [6.07, 6.45) is 0. The maximum Gasteiger partial charge on any atom is 0.256 e. The molecule has 0 spiro atoms. The molecule has 14 heteroatoms. The number of aromatic hydroxyl groups is 1. The summed E-state index contributed by atoms with van der Waals surface area (Å²) in [4.78, 5) is 34.7. The predicted molar refractivity (Wildman–Crippen MR) is 131 cm³/mol. The van der Waals surface area contributed by atoms with Gasteiger partial charge in [0, 0.05) is 58.3 Å². The van der Waals surface area contributed by atoms with Crippen molar-refractivity contribution in [1.29, 1.82) is 0 Å². The summed E-state index contributed by atoms with van der Waals surface area (Å²) in [5, 5.41) is 24.0. The van der Waals surface area contributed by atoms with E-state index >= 15 is 0 Å². The topological polar surface area (TPSA) is 181 Å². The van der Waals surface area contributed by atoms with Crippen LogP contribution in [-0.2, 0) is 37.5 Å². The number of methoxy groups -OCH3 is 1. The van der Waals surface area contributed by atoms with Gasteiger partial charge in [-0.1, -0.05) is 0 Å². The number of sulfonamides is 1. The third-order valence-electron chi connectivity index (χ3n) is 4.97. The smallest absolute Gasteiger partial charge is 0.256 e. The number of carbonyl (C=O) groups is 2. The lowest BCUT2D eigenvalue weighted by Gasteiger charge is -2.15. The van der Waals surface area contributed by atoms with Crippen LogP contribution in [-0.4, -0.2) is 56.6 Å². The second-order valence-electron chi connectivity index (χ2n) is 7.72. The molecule has 0 saturated heterocycles. The van der Waals surface area contributed by atoms with E-state index in [2.05, 4.69) is 25.6 Å². The van der Waals surface area contributed by atoms with E-state index in [1.54, 1.807) is 6.92 Å². The van der Waals surface area contributed by atoms with Crippen molar-refractivity contribution >= 4 is 33.2 Å². The summed E-state index contributed by atoms with van der Waals surface area (Å²) in [6.45, 7) is 4.57. The Labute approximate surface area is 208 Å². The molecular formula is C22H30N6O7S. The molecule has 0 atom stereocenters. The van der Waals surface area contributed by atoms with Crippen LogP contribution in [0, 0.1) is 6.92 Å². The van der Waals surface area contributed by atoms with E-state index in [9.17, 15) is 27.9 Å². The highest BCUT2D eigenvalue weighted by atomic mass is 32.2. The fraction of sp³-hybridized carbons (Fsp3) is 0.409. The van der Waals surface area contributed by atoms with E-state index in [1.807, 2.05) is 0 Å². The molecule has 0 aliphatic heterocycles. The molecule has 2 amide bonds. The van der Waals surface area contributed by atoms with Crippen molar-refractivity contribution in [2.24, 2.45) is 10.2 Å². The molecule has 0 aliphatic carbocycles. The quantitative estimate of drug-likeness (QED) is 0.237. The first-order chi connectivity index (χ1) is 17.0. The van der Waals surface area contributed by atoms with E-state index in [0.29, 0.717) is 16.8 Å². The van der Waals surface area contributed by atoms with E-state index in [4.69, 9.17) is 4.74 Å². The molecule has 2 rings (SSSR count). The van der Waals surface area contributed by atoms with Gasteiger partial charge >= 0.3 is 0 Å². The van der Waals surface area contributed by atoms with Crippen LogP contribution in [0.5, 0.6) is 5.88 Å². The SMILES string of the molecule is COCc1c(/N=N/c2ccc(S(=O)(=O)NCCNC(C)=O)cc2)c(O)n(CCNC(C)=O)c(=O)c1C. The molecule has 13 nitrogen and oxygen atoms in total. The Morgan fingerprint density at radius 2 is 1.64 bits per heavy atom. The minimum Gasteiger partial charge on any atom is -0.493 e. The molecule has 2 aromatic rings. The molecule has 0 unspecified atom stereocenters. The molecule has 0 saturated carbocycles. The van der Waals surface area contributed by atoms with Gasteiger partial charge in [0.1, 0.15) is 0 Å². The Morgan fingerprint density at radius 1 is 1.03 bits per heavy atom. The Hall–Kier alpha value is -3.62. The number of nitrogens with zero attached hydrogens (tertiary/aromatic N) is 3. The van der Waals surface area contributed by atoms with Crippen molar-refractivity contribution < 1.29 is 27.9 Å². The molecule has 4 N–H and O–H groups in total. The third-order valence-corrected chi connectivity index (χ3v) is 6.45. The van der Waals surface area contributed by atoms with Crippen LogP contribution < -0.4 is 20.9 Å². The first kappa shape index (κ1) is 28.6. The Balaban J connectivity index is 2.30. The number of ether oxygens (including phenoxy) is 1. The lowest BCUT2D eigenvalue weighted by molar-refractivity contribution is -0.119. The van der Waals surface area contributed by atoms with Crippen molar-refractivity contribution in [3.63, 3.8) is 0 Å². The number of azo groups is 1. The summed E-state index contributed by atoms with van der Waals surface area (Å²) in [5.41, 5.74) is 0.515. The third kappa shape index (κ3) is 7.69. The van der Waals surface area contributed by atoms with E-state index < -0.39 is 21.5 Å². The van der Waals surface area contributed by atoms with Gasteiger partial charge in [0.05, 0.1) is 17.2 Å². The zero-order valence-corrected chi connectivity index (χ0v) is 21.3. The van der Waals surface area contributed by atoms with E-state index in [1.165, 1.54) is 45.2 Å². The number of benzene rings is 1. The van der Waals surface area contributed by atoms with E-state index in [-0.39, 0.29) is 55.2 Å². The van der Waals surface area contributed by atoms with Gasteiger partial charge in [0.25, 0.3) is 5.56 Å². The number of amides is 2. The number of pyridine rings is 1. The van der Waals surface area contributed by atoms with Gasteiger partial charge in [0.15, 0.2) is 5.69 Å². The van der Waals surface area contributed by atoms with Crippen LogP contribution in [0.3, 0.4) is 0 Å². The number of hydrogen-bond acceptors (Lipinski definition) is 9. The Bertz CT molecular complexity index is 1290. The van der Waals surface area contributed by atoms with Crippen molar-refractivity contribution in [3.8, 4) is 5.88 Å². The van der Waals surface area contributed by atoms with Gasteiger partial charge in [-0.25, -0.2) is 13.1 Å². The predicted octanol–water partition coefficient (Wildman–Crippen LogP) is 0.975. The lowest BCUT2D eigenvalue weighted by atomic mass is 10.1. The highest BCUT2D eigenvalue weighted by Gasteiger charge is 2.20. The van der Waals surface area contributed by atoms with Crippen LogP contribution in [0.15, 0.2) is 44.2 Å². The maximum atomic E-state index is 12.7. The molecule has 0 aliphatic rings. The molecule has 0 bridgehead atoms. The lowest BCUT2D eigenvalue weighted by Crippen LogP contribution is -2.33. The van der Waals surface area contributed by atoms with Crippen LogP contribution in [0.25, 0.3) is 0 Å². The average molecular weight is 523 g/mol. The summed E-state index contributed by atoms with van der Waals surface area (Å²) in [5.74, 6) is -0.972. The molecular weight excluding hydrogens is 492 g/mol. The standard InChI is InChI=1S/C22H30N6O7S/c1-14-19(13-35-4)20(22(32)28(21(14)31)12-11-24-16(3)30)27-26-17-5-7-18(8-6-17)36(33,34)25-10-9-23-15(2)29/h5-8,25,32H,9-13H2,1-4H3,(H,23,29)(H,24,30)/b27-26+. The van der Waals surface area contributed by atoms with Crippen molar-refractivity contribution in [3.05, 3.63) is 45.7 Å². The van der Waals surface area contributed by atoms with Gasteiger partial charge < -0.3 is 20.5 Å². The number of hydrogen-bond donors (Lipinski definition) is 4. The van der Waals surface area contributed by atoms with Crippen LogP contribution in [0.2, 0.25) is 0 Å². The van der Waals surface area contributed by atoms with E-state index in [0.717, 1.165) is 4.57 Å². The number of rotatable bonds is 12. The second kappa shape index (κ2) is 12.9. The molecule has 1 aromatic heterocycles. The largest absolute Gasteiger partial charge is 0.493 e. The summed E-state index contributed by atoms with van der Waals surface area (Å²) in [7, 11) is -2.36. The normalized spacial score (nSPS) is 11.6. The zero-order chi connectivity index (χ0) is 26.9. The van der Waals surface area contributed by atoms with Crippen LogP contribution >= 0.6 is 0 Å². The minimum absolute atomic E-state index is 0.00312. The highest BCUT2D eigenvalue weighted by molar-refractivity contribution is 7.89. The fourth-order valence-electron chi connectivity index (χ4n) is 3.15. The van der Waals surface area contributed by atoms with Gasteiger partial charge in [-0.05, 0) is 31.2 Å². The average Bonchev–Trinajstić information content (AvgIpc) is 2.82. The first-order valence-corrected chi connectivity index (χ1v) is 12.4. The van der Waals surface area contributed by atoms with Gasteiger partial charge in [-0.2, -0.15) is 5.11 Å². The van der Waals surface area contributed by atoms with Gasteiger partial charge in [-0.15, -0.1) is 5.11 Å². The van der Waals surface area contributed by atoms with Gasteiger partial charge in [-0.3, -0.25) is 19.0 Å². The number of aromatic nitrogens is 1. The van der Waals surface area contributed by atoms with Gasteiger partial charge in [0.2, 0.25) is 27.7 Å². The Morgan fingerprint density at radius 3 is 2.22 bits per heavy atom. The number of nitrogens with one attached hydrogen (secondary N) is 3.